The number of nitrogens with one attached hydrogen (secondary N) is 2. The van der Waals surface area contributed by atoms with Gasteiger partial charge in [-0.1, -0.05) is 43.2 Å². The molecule has 1 amide bonds. The topological polar surface area (TPSA) is 169 Å². The van der Waals surface area contributed by atoms with Gasteiger partial charge in [-0.05, 0) is 91.5 Å². The normalized spacial score (nSPS) is 19.2. The lowest BCUT2D eigenvalue weighted by Gasteiger charge is -2.39. The number of H-pyrrole nitrogens is 1. The number of hydrogen-bond donors (Lipinski definition) is 2. The molecule has 0 spiro atoms. The van der Waals surface area contributed by atoms with Crippen LogP contribution < -0.4 is 19.1 Å². The summed E-state index contributed by atoms with van der Waals surface area (Å²) in [5.41, 5.74) is 5.65. The van der Waals surface area contributed by atoms with E-state index < -0.39 is 31.4 Å². The zero-order chi connectivity index (χ0) is 43.2. The van der Waals surface area contributed by atoms with Gasteiger partial charge >= 0.3 is 0 Å². The van der Waals surface area contributed by atoms with Crippen LogP contribution in [-0.2, 0) is 21.2 Å². The van der Waals surface area contributed by atoms with Crippen molar-refractivity contribution in [2.75, 3.05) is 50.8 Å². The van der Waals surface area contributed by atoms with Crippen LogP contribution in [0.15, 0.2) is 89.6 Å². The van der Waals surface area contributed by atoms with Crippen molar-refractivity contribution < 1.29 is 32.3 Å². The molecule has 2 N–H and O–H groups in total. The highest BCUT2D eigenvalue weighted by Gasteiger charge is 2.34. The summed E-state index contributed by atoms with van der Waals surface area (Å²) in [6, 6.07) is 19.1. The molecule has 2 fully saturated rings. The largest absolute Gasteiger partial charge is 0.493 e. The zero-order valence-electron chi connectivity index (χ0n) is 34.7. The molecular formula is C46H49ClN6O8S. The summed E-state index contributed by atoms with van der Waals surface area (Å²) < 4.78 is 47.8. The van der Waals surface area contributed by atoms with Crippen molar-refractivity contribution in [1.82, 2.24) is 19.6 Å². The van der Waals surface area contributed by atoms with Crippen molar-refractivity contribution >= 4 is 55.5 Å². The molecule has 324 valence electrons. The second-order valence-electron chi connectivity index (χ2n) is 17.6. The predicted octanol–water partition coefficient (Wildman–Crippen LogP) is 8.55. The van der Waals surface area contributed by atoms with E-state index in [2.05, 4.69) is 50.5 Å². The van der Waals surface area contributed by atoms with E-state index >= 15 is 0 Å². The number of pyridine rings is 1. The van der Waals surface area contributed by atoms with Crippen LogP contribution in [0.5, 0.6) is 17.2 Å². The zero-order valence-corrected chi connectivity index (χ0v) is 36.3. The SMILES string of the molecule is CC1(C)CCC(CN2CCN(c3ccc(C(=O)NS(=O)(=O)c4cc5c(c([N+](=O)[O-])c4)C[C@@H](COC4CC4)CO5)c(Oc4cnc5[nH]ccc5c4)c3)CC2)=C(c2ccc(Cl)cc2)C1. The van der Waals surface area contributed by atoms with E-state index in [0.717, 1.165) is 87.0 Å². The Bertz CT molecular complexity index is 2670. The minimum Gasteiger partial charge on any atom is -0.493 e. The Kier molecular flexibility index (Phi) is 11.5. The Morgan fingerprint density at radius 2 is 1.85 bits per heavy atom. The van der Waals surface area contributed by atoms with Gasteiger partial charge in [0.2, 0.25) is 0 Å². The van der Waals surface area contributed by atoms with Crippen molar-refractivity contribution in [2.24, 2.45) is 11.3 Å². The Labute approximate surface area is 365 Å². The number of nitro benzene ring substituents is 1. The van der Waals surface area contributed by atoms with E-state index in [0.29, 0.717) is 30.0 Å². The monoisotopic (exact) mass is 880 g/mol. The number of carbonyl (C=O) groups is 1. The van der Waals surface area contributed by atoms with Crippen LogP contribution in [0.3, 0.4) is 0 Å². The lowest BCUT2D eigenvalue weighted by molar-refractivity contribution is -0.386. The van der Waals surface area contributed by atoms with Crippen LogP contribution in [0.1, 0.15) is 67.4 Å². The molecule has 62 heavy (non-hydrogen) atoms. The van der Waals surface area contributed by atoms with Gasteiger partial charge in [0.15, 0.2) is 0 Å². The molecular weight excluding hydrogens is 832 g/mol. The molecule has 2 aliphatic carbocycles. The molecule has 1 atom stereocenters. The number of aromatic amines is 1. The molecule has 0 bridgehead atoms. The molecule has 2 aromatic heterocycles. The molecule has 3 aromatic carbocycles. The average molecular weight is 881 g/mol. The number of sulfonamides is 1. The number of piperazine rings is 1. The number of rotatable bonds is 13. The third-order valence-corrected chi connectivity index (χ3v) is 13.9. The van der Waals surface area contributed by atoms with Gasteiger partial charge in [-0.3, -0.25) is 19.8 Å². The van der Waals surface area contributed by atoms with Crippen LogP contribution in [-0.4, -0.2) is 86.2 Å². The number of amides is 1. The third kappa shape index (κ3) is 9.31. The maximum absolute atomic E-state index is 14.0. The summed E-state index contributed by atoms with van der Waals surface area (Å²) in [6.45, 7) is 9.24. The van der Waals surface area contributed by atoms with Crippen molar-refractivity contribution in [3.63, 3.8) is 0 Å². The number of benzene rings is 3. The van der Waals surface area contributed by atoms with Crippen molar-refractivity contribution in [3.05, 3.63) is 117 Å². The molecule has 5 aromatic rings. The molecule has 1 saturated heterocycles. The number of carbonyl (C=O) groups excluding carboxylic acids is 1. The highest BCUT2D eigenvalue weighted by molar-refractivity contribution is 7.90. The van der Waals surface area contributed by atoms with Gasteiger partial charge in [-0.15, -0.1) is 0 Å². The first-order valence-corrected chi connectivity index (χ1v) is 22.9. The van der Waals surface area contributed by atoms with Gasteiger partial charge in [0.1, 0.15) is 22.9 Å². The third-order valence-electron chi connectivity index (χ3n) is 12.3. The molecule has 9 rings (SSSR count). The minimum absolute atomic E-state index is 0.0470. The Morgan fingerprint density at radius 1 is 1.06 bits per heavy atom. The minimum atomic E-state index is -4.62. The second kappa shape index (κ2) is 17.0. The number of nitrogens with zero attached hydrogens (tertiary/aromatic N) is 4. The molecule has 14 nitrogen and oxygen atoms in total. The number of anilines is 1. The molecule has 0 radical (unpaired) electrons. The Balaban J connectivity index is 0.942. The molecule has 4 aliphatic rings. The lowest BCUT2D eigenvalue weighted by atomic mass is 9.72. The fraction of sp³-hybridized carbons (Fsp3) is 0.391. The summed E-state index contributed by atoms with van der Waals surface area (Å²) in [5.74, 6) is -0.512. The van der Waals surface area contributed by atoms with E-state index in [1.54, 1.807) is 30.5 Å². The van der Waals surface area contributed by atoms with Crippen molar-refractivity contribution in [3.8, 4) is 17.2 Å². The molecule has 1 saturated carbocycles. The predicted molar refractivity (Wildman–Crippen MR) is 237 cm³/mol. The summed E-state index contributed by atoms with van der Waals surface area (Å²) in [6.07, 6.45) is 8.99. The number of ether oxygens (including phenoxy) is 3. The van der Waals surface area contributed by atoms with Crippen LogP contribution in [0, 0.1) is 21.4 Å². The number of allylic oxidation sites excluding steroid dienone is 1. The second-order valence-corrected chi connectivity index (χ2v) is 19.7. The lowest BCUT2D eigenvalue weighted by Crippen LogP contribution is -2.47. The highest BCUT2D eigenvalue weighted by atomic mass is 35.5. The fourth-order valence-corrected chi connectivity index (χ4v) is 9.77. The van der Waals surface area contributed by atoms with Crippen molar-refractivity contribution in [1.29, 1.82) is 0 Å². The number of halogens is 1. The quantitative estimate of drug-likeness (QED) is 0.0859. The maximum Gasteiger partial charge on any atom is 0.277 e. The number of fused-ring (bicyclic) bond motifs is 2. The van der Waals surface area contributed by atoms with E-state index in [4.69, 9.17) is 25.8 Å². The van der Waals surface area contributed by atoms with Crippen LogP contribution >= 0.6 is 11.6 Å². The van der Waals surface area contributed by atoms with Gasteiger partial charge in [-0.25, -0.2) is 18.1 Å². The highest BCUT2D eigenvalue weighted by Crippen LogP contribution is 2.44. The first kappa shape index (κ1) is 41.9. The molecule has 2 aliphatic heterocycles. The van der Waals surface area contributed by atoms with E-state index in [9.17, 15) is 23.3 Å². The van der Waals surface area contributed by atoms with Gasteiger partial charge in [0.25, 0.3) is 21.6 Å². The standard InChI is InChI=1S/C46H49ClN6O8S/c1-46(2)13-11-32(40(24-46)30-3-5-33(47)6-4-30)26-51-15-17-52(18-16-51)34-7-10-38(43(21-34)61-36-20-31-12-14-48-44(31)49-25-36)45(54)50-62(57,58)37-22-41(53(55)56)39-19-29(27-59-35-8-9-35)28-60-42(39)23-37/h3-7,10,12,14,20-23,25,29,35H,8-9,11,13,15-19,24,26-28H2,1-2H3,(H,48,49)(H,50,54)/t29-/m0/s1. The first-order valence-electron chi connectivity index (χ1n) is 21.1. The Morgan fingerprint density at radius 3 is 2.61 bits per heavy atom. The summed E-state index contributed by atoms with van der Waals surface area (Å²) in [7, 11) is -4.62. The van der Waals surface area contributed by atoms with Crippen LogP contribution in [0.25, 0.3) is 16.6 Å². The molecule has 0 unspecified atom stereocenters. The van der Waals surface area contributed by atoms with E-state index in [1.807, 2.05) is 18.2 Å². The van der Waals surface area contributed by atoms with E-state index in [-0.39, 0.29) is 41.1 Å². The average Bonchev–Trinajstić information content (AvgIpc) is 3.97. The van der Waals surface area contributed by atoms with Crippen molar-refractivity contribution in [2.45, 2.75) is 63.4 Å². The van der Waals surface area contributed by atoms with Gasteiger partial charge in [0, 0.05) is 79.1 Å². The number of hydrogen-bond acceptors (Lipinski definition) is 11. The molecule has 16 heteroatoms. The van der Waals surface area contributed by atoms with E-state index in [1.165, 1.54) is 29.0 Å². The fourth-order valence-electron chi connectivity index (χ4n) is 8.64. The first-order chi connectivity index (χ1) is 29.8. The summed E-state index contributed by atoms with van der Waals surface area (Å²) in [4.78, 5) is 37.3. The van der Waals surface area contributed by atoms with Gasteiger partial charge in [0.05, 0.1) is 46.5 Å². The van der Waals surface area contributed by atoms with Gasteiger partial charge in [-0.2, -0.15) is 0 Å². The van der Waals surface area contributed by atoms with Crippen LogP contribution in [0.4, 0.5) is 11.4 Å². The summed E-state index contributed by atoms with van der Waals surface area (Å²) in [5, 5.41) is 13.7. The smallest absolute Gasteiger partial charge is 0.277 e. The maximum atomic E-state index is 14.0. The Hall–Kier alpha value is -5.48. The van der Waals surface area contributed by atoms with Crippen LogP contribution in [0.2, 0.25) is 5.02 Å². The number of nitro groups is 1. The number of aromatic nitrogens is 2. The molecule has 4 heterocycles. The van der Waals surface area contributed by atoms with Gasteiger partial charge < -0.3 is 24.1 Å². The summed E-state index contributed by atoms with van der Waals surface area (Å²) >= 11 is 6.24.